The number of hydrogen-bond donors (Lipinski definition) is 0. The van der Waals surface area contributed by atoms with Crippen LogP contribution in [-0.2, 0) is 0 Å². The maximum absolute atomic E-state index is 11.9. The molecular weight excluding hydrogens is 240 g/mol. The molecule has 0 radical (unpaired) electrons. The third-order valence-electron chi connectivity index (χ3n) is 2.77. The smallest absolute Gasteiger partial charge is 0.255 e. The molecule has 4 nitrogen and oxygen atoms in total. The molecule has 0 aliphatic rings. The summed E-state index contributed by atoms with van der Waals surface area (Å²) < 4.78 is 5.56. The van der Waals surface area contributed by atoms with Crippen molar-refractivity contribution in [2.45, 2.75) is 6.92 Å². The van der Waals surface area contributed by atoms with Crippen LogP contribution in [0.4, 0.5) is 0 Å². The fraction of sp³-hybridized carbons (Fsp3) is 0.200. The summed E-state index contributed by atoms with van der Waals surface area (Å²) in [5.74, 6) is 1.16. The minimum atomic E-state index is -0.0405. The van der Waals surface area contributed by atoms with E-state index < -0.39 is 0 Å². The number of aromatic nitrogens is 1. The molecule has 0 aliphatic heterocycles. The van der Waals surface area contributed by atoms with E-state index in [1.165, 1.54) is 6.20 Å². The van der Waals surface area contributed by atoms with Crippen molar-refractivity contribution in [1.82, 2.24) is 9.88 Å². The largest absolute Gasteiger partial charge is 0.439 e. The lowest BCUT2D eigenvalue weighted by Crippen LogP contribution is -2.26. The van der Waals surface area contributed by atoms with Crippen LogP contribution in [0.5, 0.6) is 11.6 Å². The molecule has 19 heavy (non-hydrogen) atoms. The fourth-order valence-electron chi connectivity index (χ4n) is 1.54. The Hall–Kier alpha value is -2.36. The average molecular weight is 256 g/mol. The van der Waals surface area contributed by atoms with Crippen LogP contribution in [0.25, 0.3) is 0 Å². The number of benzene rings is 1. The summed E-state index contributed by atoms with van der Waals surface area (Å²) in [6.07, 6.45) is 1.53. The lowest BCUT2D eigenvalue weighted by atomic mass is 10.2. The second-order valence-corrected chi connectivity index (χ2v) is 4.12. The summed E-state index contributed by atoms with van der Waals surface area (Å²) in [7, 11) is 1.76. The maximum Gasteiger partial charge on any atom is 0.255 e. The molecule has 0 spiro atoms. The zero-order chi connectivity index (χ0) is 13.7. The fourth-order valence-corrected chi connectivity index (χ4v) is 1.54. The molecule has 1 amide bonds. The Morgan fingerprint density at radius 3 is 2.53 bits per heavy atom. The Balaban J connectivity index is 2.09. The van der Waals surface area contributed by atoms with Crippen LogP contribution in [0.1, 0.15) is 17.3 Å². The van der Waals surface area contributed by atoms with E-state index >= 15 is 0 Å². The lowest BCUT2D eigenvalue weighted by Gasteiger charge is -2.14. The quantitative estimate of drug-likeness (QED) is 0.844. The normalized spacial score (nSPS) is 10.0. The van der Waals surface area contributed by atoms with E-state index in [1.807, 2.05) is 37.3 Å². The zero-order valence-electron chi connectivity index (χ0n) is 11.0. The molecule has 0 N–H and O–H groups in total. The molecule has 98 valence electrons. The van der Waals surface area contributed by atoms with Crippen molar-refractivity contribution in [2.75, 3.05) is 13.6 Å². The van der Waals surface area contributed by atoms with E-state index in [0.29, 0.717) is 18.0 Å². The first kappa shape index (κ1) is 13.1. The van der Waals surface area contributed by atoms with Crippen molar-refractivity contribution in [2.24, 2.45) is 0 Å². The van der Waals surface area contributed by atoms with Gasteiger partial charge in [0.05, 0.1) is 5.56 Å². The molecule has 0 fully saturated rings. The number of carbonyl (C=O) groups excluding carboxylic acids is 1. The number of para-hydroxylation sites is 1. The molecule has 4 heteroatoms. The summed E-state index contributed by atoms with van der Waals surface area (Å²) in [6, 6.07) is 12.8. The van der Waals surface area contributed by atoms with Crippen molar-refractivity contribution in [3.8, 4) is 11.6 Å². The minimum Gasteiger partial charge on any atom is -0.439 e. The lowest BCUT2D eigenvalue weighted by molar-refractivity contribution is 0.0802. The number of nitrogens with zero attached hydrogens (tertiary/aromatic N) is 2. The Bertz CT molecular complexity index is 538. The first-order valence-corrected chi connectivity index (χ1v) is 6.15. The SMILES string of the molecule is CCN(C)C(=O)c1ccc(Oc2ccccc2)nc1. The molecule has 1 aromatic heterocycles. The molecule has 1 heterocycles. The van der Waals surface area contributed by atoms with E-state index in [4.69, 9.17) is 4.74 Å². The van der Waals surface area contributed by atoms with Gasteiger partial charge in [0.1, 0.15) is 5.75 Å². The van der Waals surface area contributed by atoms with Crippen molar-refractivity contribution < 1.29 is 9.53 Å². The molecule has 0 atom stereocenters. The molecule has 1 aromatic carbocycles. The summed E-state index contributed by atoms with van der Waals surface area (Å²) in [5, 5.41) is 0. The maximum atomic E-state index is 11.9. The van der Waals surface area contributed by atoms with Gasteiger partial charge in [0.15, 0.2) is 0 Å². The van der Waals surface area contributed by atoms with Crippen LogP contribution in [0.2, 0.25) is 0 Å². The number of ether oxygens (including phenoxy) is 1. The van der Waals surface area contributed by atoms with Gasteiger partial charge in [-0.3, -0.25) is 4.79 Å². The first-order chi connectivity index (χ1) is 9.20. The third kappa shape index (κ3) is 3.31. The Morgan fingerprint density at radius 1 is 1.21 bits per heavy atom. The number of hydrogen-bond acceptors (Lipinski definition) is 3. The minimum absolute atomic E-state index is 0.0405. The molecule has 0 aliphatic carbocycles. The van der Waals surface area contributed by atoms with E-state index in [9.17, 15) is 4.79 Å². The van der Waals surface area contributed by atoms with Gasteiger partial charge in [-0.05, 0) is 25.1 Å². The monoisotopic (exact) mass is 256 g/mol. The molecule has 2 rings (SSSR count). The average Bonchev–Trinajstić information content (AvgIpc) is 2.47. The highest BCUT2D eigenvalue weighted by Crippen LogP contribution is 2.18. The highest BCUT2D eigenvalue weighted by atomic mass is 16.5. The molecule has 0 unspecified atom stereocenters. The highest BCUT2D eigenvalue weighted by molar-refractivity contribution is 5.93. The van der Waals surface area contributed by atoms with Crippen LogP contribution in [0, 0.1) is 0 Å². The van der Waals surface area contributed by atoms with Crippen LogP contribution < -0.4 is 4.74 Å². The predicted octanol–water partition coefficient (Wildman–Crippen LogP) is 2.97. The topological polar surface area (TPSA) is 42.4 Å². The summed E-state index contributed by atoms with van der Waals surface area (Å²) in [5.41, 5.74) is 0.560. The molecule has 0 saturated carbocycles. The number of amides is 1. The van der Waals surface area contributed by atoms with Crippen molar-refractivity contribution in [3.63, 3.8) is 0 Å². The van der Waals surface area contributed by atoms with Crippen LogP contribution in [0.15, 0.2) is 48.7 Å². The van der Waals surface area contributed by atoms with Crippen LogP contribution >= 0.6 is 0 Å². The summed E-state index contributed by atoms with van der Waals surface area (Å²) in [6.45, 7) is 2.60. The number of rotatable bonds is 4. The van der Waals surface area contributed by atoms with Crippen LogP contribution in [0.3, 0.4) is 0 Å². The van der Waals surface area contributed by atoms with Gasteiger partial charge in [0, 0.05) is 25.9 Å². The van der Waals surface area contributed by atoms with Gasteiger partial charge < -0.3 is 9.64 Å². The Kier molecular flexibility index (Phi) is 4.13. The first-order valence-electron chi connectivity index (χ1n) is 6.15. The van der Waals surface area contributed by atoms with Gasteiger partial charge in [-0.15, -0.1) is 0 Å². The predicted molar refractivity (Wildman–Crippen MR) is 73.4 cm³/mol. The van der Waals surface area contributed by atoms with E-state index in [1.54, 1.807) is 24.1 Å². The number of carbonyl (C=O) groups is 1. The molecule has 0 bridgehead atoms. The summed E-state index contributed by atoms with van der Waals surface area (Å²) >= 11 is 0. The van der Waals surface area contributed by atoms with Gasteiger partial charge >= 0.3 is 0 Å². The Morgan fingerprint density at radius 2 is 1.95 bits per heavy atom. The van der Waals surface area contributed by atoms with Crippen molar-refractivity contribution in [3.05, 3.63) is 54.2 Å². The van der Waals surface area contributed by atoms with E-state index in [-0.39, 0.29) is 5.91 Å². The molecule has 0 saturated heterocycles. The summed E-state index contributed by atoms with van der Waals surface area (Å²) in [4.78, 5) is 17.7. The van der Waals surface area contributed by atoms with E-state index in [2.05, 4.69) is 4.98 Å². The van der Waals surface area contributed by atoms with Gasteiger partial charge in [0.2, 0.25) is 5.88 Å². The van der Waals surface area contributed by atoms with Crippen molar-refractivity contribution in [1.29, 1.82) is 0 Å². The second-order valence-electron chi connectivity index (χ2n) is 4.12. The van der Waals surface area contributed by atoms with E-state index in [0.717, 1.165) is 5.75 Å². The highest BCUT2D eigenvalue weighted by Gasteiger charge is 2.10. The Labute approximate surface area is 112 Å². The molecular formula is C15H16N2O2. The van der Waals surface area contributed by atoms with Gasteiger partial charge in [-0.1, -0.05) is 18.2 Å². The van der Waals surface area contributed by atoms with Gasteiger partial charge in [-0.2, -0.15) is 0 Å². The second kappa shape index (κ2) is 6.00. The zero-order valence-corrected chi connectivity index (χ0v) is 11.0. The molecule has 2 aromatic rings. The van der Waals surface area contributed by atoms with Gasteiger partial charge in [-0.25, -0.2) is 4.98 Å². The van der Waals surface area contributed by atoms with Crippen molar-refractivity contribution >= 4 is 5.91 Å². The third-order valence-corrected chi connectivity index (χ3v) is 2.77. The number of pyridine rings is 1. The van der Waals surface area contributed by atoms with Gasteiger partial charge in [0.25, 0.3) is 5.91 Å². The van der Waals surface area contributed by atoms with Crippen LogP contribution in [-0.4, -0.2) is 29.4 Å². The standard InChI is InChI=1S/C15H16N2O2/c1-3-17(2)15(18)12-9-10-14(16-11-12)19-13-7-5-4-6-8-13/h4-11H,3H2,1-2H3.